The molecule has 1 aliphatic heterocycles. The largest absolute Gasteiger partial charge is 0.348 e. The van der Waals surface area contributed by atoms with Gasteiger partial charge in [0.2, 0.25) is 5.91 Å². The minimum atomic E-state index is -0.415. The van der Waals surface area contributed by atoms with Gasteiger partial charge in [0.15, 0.2) is 15.9 Å². The van der Waals surface area contributed by atoms with Crippen molar-refractivity contribution in [2.75, 3.05) is 29.1 Å². The lowest BCUT2D eigenvalue weighted by molar-refractivity contribution is -0.113. The standard InChI is InChI=1S/C22H26FN5O2S2/c1-3-9-28-20(30)18-19(25-21(32-18)27-10-7-14(2)8-11-27)26-22(28)31-13-17(29)24-16-6-4-5-15(23)12-16/h4-6,12,14H,3,7-11,13H2,1-2H3,(H,24,29). The van der Waals surface area contributed by atoms with E-state index < -0.39 is 5.82 Å². The van der Waals surface area contributed by atoms with Crippen LogP contribution in [0, 0.1) is 11.7 Å². The van der Waals surface area contributed by atoms with Crippen LogP contribution >= 0.6 is 23.1 Å². The summed E-state index contributed by atoms with van der Waals surface area (Å²) in [4.78, 5) is 37.1. The molecule has 4 rings (SSSR count). The summed E-state index contributed by atoms with van der Waals surface area (Å²) in [6.07, 6.45) is 3.00. The van der Waals surface area contributed by atoms with Crippen LogP contribution in [0.5, 0.6) is 0 Å². The van der Waals surface area contributed by atoms with Crippen LogP contribution in [0.15, 0.2) is 34.2 Å². The maximum Gasteiger partial charge on any atom is 0.273 e. The SMILES string of the molecule is CCCn1c(SCC(=O)Nc2cccc(F)c2)nc2nc(N3CCC(C)CC3)sc2c1=O. The first-order valence-electron chi connectivity index (χ1n) is 10.8. The molecule has 1 aromatic carbocycles. The first kappa shape index (κ1) is 22.7. The quantitative estimate of drug-likeness (QED) is 0.404. The van der Waals surface area contributed by atoms with Gasteiger partial charge in [-0.1, -0.05) is 43.0 Å². The van der Waals surface area contributed by atoms with E-state index in [1.165, 1.54) is 41.3 Å². The molecule has 1 saturated heterocycles. The molecule has 3 aromatic rings. The lowest BCUT2D eigenvalue weighted by atomic mass is 10.00. The average molecular weight is 476 g/mol. The molecule has 0 radical (unpaired) electrons. The number of piperidine rings is 1. The van der Waals surface area contributed by atoms with Gasteiger partial charge in [-0.15, -0.1) is 0 Å². The fourth-order valence-electron chi connectivity index (χ4n) is 3.64. The molecule has 7 nitrogen and oxygen atoms in total. The second-order valence-electron chi connectivity index (χ2n) is 8.02. The van der Waals surface area contributed by atoms with Crippen LogP contribution in [0.1, 0.15) is 33.1 Å². The van der Waals surface area contributed by atoms with Crippen molar-refractivity contribution in [3.8, 4) is 0 Å². The molecule has 3 heterocycles. The number of anilines is 2. The molecule has 170 valence electrons. The van der Waals surface area contributed by atoms with E-state index >= 15 is 0 Å². The number of aromatic nitrogens is 3. The molecule has 0 aliphatic carbocycles. The number of nitrogens with zero attached hydrogens (tertiary/aromatic N) is 4. The minimum Gasteiger partial charge on any atom is -0.348 e. The number of benzene rings is 1. The van der Waals surface area contributed by atoms with Crippen molar-refractivity contribution in [2.45, 2.75) is 44.8 Å². The summed E-state index contributed by atoms with van der Waals surface area (Å²) in [6, 6.07) is 5.74. The van der Waals surface area contributed by atoms with Gasteiger partial charge in [-0.05, 0) is 43.4 Å². The number of halogens is 1. The van der Waals surface area contributed by atoms with Crippen LogP contribution in [0.25, 0.3) is 10.3 Å². The maximum absolute atomic E-state index is 13.3. The van der Waals surface area contributed by atoms with Gasteiger partial charge in [0.05, 0.1) is 5.75 Å². The van der Waals surface area contributed by atoms with Gasteiger partial charge < -0.3 is 10.2 Å². The van der Waals surface area contributed by atoms with Crippen molar-refractivity contribution in [2.24, 2.45) is 5.92 Å². The zero-order chi connectivity index (χ0) is 22.7. The molecule has 0 spiro atoms. The van der Waals surface area contributed by atoms with Crippen molar-refractivity contribution in [1.29, 1.82) is 0 Å². The number of nitrogens with one attached hydrogen (secondary N) is 1. The number of thiazole rings is 1. The summed E-state index contributed by atoms with van der Waals surface area (Å²) in [6.45, 7) is 6.64. The smallest absolute Gasteiger partial charge is 0.273 e. The average Bonchev–Trinajstić information content (AvgIpc) is 3.19. The number of carbonyl (C=O) groups excluding carboxylic acids is 1. The zero-order valence-corrected chi connectivity index (χ0v) is 19.8. The number of carbonyl (C=O) groups is 1. The summed E-state index contributed by atoms with van der Waals surface area (Å²) in [7, 11) is 0. The number of rotatable bonds is 7. The number of fused-ring (bicyclic) bond motifs is 1. The van der Waals surface area contributed by atoms with Crippen molar-refractivity contribution in [3.63, 3.8) is 0 Å². The predicted molar refractivity (Wildman–Crippen MR) is 128 cm³/mol. The number of thioether (sulfide) groups is 1. The Kier molecular flexibility index (Phi) is 7.10. The highest BCUT2D eigenvalue weighted by atomic mass is 32.2. The van der Waals surface area contributed by atoms with Gasteiger partial charge in [0.25, 0.3) is 5.56 Å². The molecule has 0 unspecified atom stereocenters. The van der Waals surface area contributed by atoms with Crippen LogP contribution in [-0.4, -0.2) is 39.3 Å². The number of hydrogen-bond acceptors (Lipinski definition) is 7. The number of amides is 1. The Balaban J connectivity index is 1.55. The van der Waals surface area contributed by atoms with E-state index in [2.05, 4.69) is 27.1 Å². The van der Waals surface area contributed by atoms with E-state index in [-0.39, 0.29) is 17.2 Å². The normalized spacial score (nSPS) is 14.8. The minimum absolute atomic E-state index is 0.0547. The Morgan fingerprint density at radius 2 is 2.09 bits per heavy atom. The molecule has 1 N–H and O–H groups in total. The monoisotopic (exact) mass is 475 g/mol. The highest BCUT2D eigenvalue weighted by Gasteiger charge is 2.22. The van der Waals surface area contributed by atoms with Crippen molar-refractivity contribution in [3.05, 3.63) is 40.4 Å². The summed E-state index contributed by atoms with van der Waals surface area (Å²) in [5, 5.41) is 3.99. The topological polar surface area (TPSA) is 80.1 Å². The Hall–Kier alpha value is -2.46. The summed E-state index contributed by atoms with van der Waals surface area (Å²) >= 11 is 2.59. The van der Waals surface area contributed by atoms with E-state index in [1.54, 1.807) is 10.6 Å². The van der Waals surface area contributed by atoms with Crippen LogP contribution in [0.3, 0.4) is 0 Å². The molecular formula is C22H26FN5O2S2. The van der Waals surface area contributed by atoms with Crippen molar-refractivity contribution < 1.29 is 9.18 Å². The summed E-state index contributed by atoms with van der Waals surface area (Å²) in [5.74, 6) is 0.0578. The first-order chi connectivity index (χ1) is 15.4. The third-order valence-corrected chi connectivity index (χ3v) is 7.48. The van der Waals surface area contributed by atoms with E-state index in [4.69, 9.17) is 0 Å². The van der Waals surface area contributed by atoms with Gasteiger partial charge in [-0.25, -0.2) is 9.37 Å². The van der Waals surface area contributed by atoms with Crippen molar-refractivity contribution in [1.82, 2.24) is 14.5 Å². The van der Waals surface area contributed by atoms with Gasteiger partial charge in [0, 0.05) is 25.3 Å². The van der Waals surface area contributed by atoms with Crippen LogP contribution in [-0.2, 0) is 11.3 Å². The molecular weight excluding hydrogens is 449 g/mol. The van der Waals surface area contributed by atoms with Gasteiger partial charge in [0.1, 0.15) is 10.5 Å². The summed E-state index contributed by atoms with van der Waals surface area (Å²) in [5.41, 5.74) is 0.720. The fraction of sp³-hybridized carbons (Fsp3) is 0.455. The Morgan fingerprint density at radius 3 is 2.81 bits per heavy atom. The molecule has 1 amide bonds. The molecule has 0 bridgehead atoms. The lowest BCUT2D eigenvalue weighted by Crippen LogP contribution is -2.32. The maximum atomic E-state index is 13.3. The highest BCUT2D eigenvalue weighted by Crippen LogP contribution is 2.30. The third kappa shape index (κ3) is 5.12. The van der Waals surface area contributed by atoms with Crippen LogP contribution in [0.2, 0.25) is 0 Å². The van der Waals surface area contributed by atoms with Crippen LogP contribution in [0.4, 0.5) is 15.2 Å². The van der Waals surface area contributed by atoms with Crippen LogP contribution < -0.4 is 15.8 Å². The molecule has 0 atom stereocenters. The van der Waals surface area contributed by atoms with E-state index in [0.717, 1.165) is 37.5 Å². The van der Waals surface area contributed by atoms with E-state index in [0.29, 0.717) is 33.7 Å². The molecule has 10 heteroatoms. The van der Waals surface area contributed by atoms with Gasteiger partial charge >= 0.3 is 0 Å². The van der Waals surface area contributed by atoms with E-state index in [1.807, 2.05) is 6.92 Å². The second-order valence-corrected chi connectivity index (χ2v) is 9.94. The summed E-state index contributed by atoms with van der Waals surface area (Å²) < 4.78 is 15.5. The second kappa shape index (κ2) is 9.99. The van der Waals surface area contributed by atoms with Gasteiger partial charge in [-0.3, -0.25) is 14.2 Å². The fourth-order valence-corrected chi connectivity index (χ4v) is 5.46. The lowest BCUT2D eigenvalue weighted by Gasteiger charge is -2.29. The zero-order valence-electron chi connectivity index (χ0n) is 18.1. The molecule has 32 heavy (non-hydrogen) atoms. The van der Waals surface area contributed by atoms with E-state index in [9.17, 15) is 14.0 Å². The highest BCUT2D eigenvalue weighted by molar-refractivity contribution is 7.99. The Morgan fingerprint density at radius 1 is 1.31 bits per heavy atom. The van der Waals surface area contributed by atoms with Crippen molar-refractivity contribution >= 4 is 50.2 Å². The first-order valence-corrected chi connectivity index (χ1v) is 12.6. The Labute approximate surface area is 194 Å². The number of hydrogen-bond donors (Lipinski definition) is 1. The molecule has 1 aliphatic rings. The van der Waals surface area contributed by atoms with Gasteiger partial charge in [-0.2, -0.15) is 4.98 Å². The third-order valence-electron chi connectivity index (χ3n) is 5.41. The molecule has 2 aromatic heterocycles. The Bertz CT molecular complexity index is 1170. The molecule has 0 saturated carbocycles. The molecule has 1 fully saturated rings. The predicted octanol–water partition coefficient (Wildman–Crippen LogP) is 4.37.